The number of alkyl halides is 3. The van der Waals surface area contributed by atoms with Gasteiger partial charge < -0.3 is 19.7 Å². The summed E-state index contributed by atoms with van der Waals surface area (Å²) in [4.78, 5) is 12.1. The number of anilines is 1. The van der Waals surface area contributed by atoms with E-state index in [4.69, 9.17) is 4.52 Å². The number of carbonyl (C=O) groups is 1. The largest absolute Gasteiger partial charge is 0.573 e. The third-order valence-corrected chi connectivity index (χ3v) is 3.22. The molecule has 0 spiro atoms. The Morgan fingerprint density at radius 3 is 2.50 bits per heavy atom. The molecule has 26 heavy (non-hydrogen) atoms. The van der Waals surface area contributed by atoms with Crippen LogP contribution in [0.15, 0.2) is 59.1 Å². The molecule has 0 unspecified atom stereocenters. The monoisotopic (exact) mass is 364 g/mol. The first-order valence-corrected chi connectivity index (χ1v) is 7.23. The quantitative estimate of drug-likeness (QED) is 0.725. The fourth-order valence-corrected chi connectivity index (χ4v) is 2.11. The molecular weight excluding hydrogens is 353 g/mol. The van der Waals surface area contributed by atoms with E-state index in [9.17, 15) is 23.1 Å². The van der Waals surface area contributed by atoms with Crippen molar-refractivity contribution in [3.8, 4) is 22.8 Å². The smallest absolute Gasteiger partial charge is 0.508 e. The van der Waals surface area contributed by atoms with Crippen molar-refractivity contribution in [1.29, 1.82) is 0 Å². The molecule has 134 valence electrons. The highest BCUT2D eigenvalue weighted by molar-refractivity contribution is 6.03. The number of carbonyl (C=O) groups excluding carboxylic acids is 1. The third-order valence-electron chi connectivity index (χ3n) is 3.22. The number of aromatic hydroxyl groups is 1. The Balaban J connectivity index is 1.69. The van der Waals surface area contributed by atoms with Crippen LogP contribution in [0, 0.1) is 0 Å². The lowest BCUT2D eigenvalue weighted by atomic mass is 10.1. The Hall–Kier alpha value is -3.49. The fourth-order valence-electron chi connectivity index (χ4n) is 2.11. The molecule has 3 rings (SSSR count). The van der Waals surface area contributed by atoms with Crippen molar-refractivity contribution in [3.05, 3.63) is 60.3 Å². The van der Waals surface area contributed by atoms with Crippen molar-refractivity contribution in [1.82, 2.24) is 5.16 Å². The molecule has 9 heteroatoms. The number of rotatable bonds is 4. The van der Waals surface area contributed by atoms with Crippen molar-refractivity contribution in [2.45, 2.75) is 6.36 Å². The van der Waals surface area contributed by atoms with Gasteiger partial charge in [-0.25, -0.2) is 0 Å². The number of halogens is 3. The highest BCUT2D eigenvalue weighted by Gasteiger charge is 2.31. The van der Waals surface area contributed by atoms with Crippen molar-refractivity contribution in [2.24, 2.45) is 0 Å². The van der Waals surface area contributed by atoms with Gasteiger partial charge in [-0.1, -0.05) is 17.3 Å². The summed E-state index contributed by atoms with van der Waals surface area (Å²) in [5.41, 5.74) is 0.760. The summed E-state index contributed by atoms with van der Waals surface area (Å²) in [5.74, 6) is -0.696. The molecule has 2 aromatic carbocycles. The highest BCUT2D eigenvalue weighted by Crippen LogP contribution is 2.26. The minimum atomic E-state index is -4.78. The average molecular weight is 364 g/mol. The molecule has 0 aliphatic heterocycles. The molecule has 1 amide bonds. The zero-order valence-electron chi connectivity index (χ0n) is 12.9. The van der Waals surface area contributed by atoms with Gasteiger partial charge in [-0.05, 0) is 36.4 Å². The van der Waals surface area contributed by atoms with Gasteiger partial charge in [0.2, 0.25) is 0 Å². The first-order valence-electron chi connectivity index (χ1n) is 7.23. The Kier molecular flexibility index (Phi) is 4.53. The van der Waals surface area contributed by atoms with Gasteiger partial charge in [0.05, 0.1) is 0 Å². The van der Waals surface area contributed by atoms with Crippen molar-refractivity contribution >= 4 is 11.6 Å². The third kappa shape index (κ3) is 4.32. The number of phenols is 1. The van der Waals surface area contributed by atoms with Crippen molar-refractivity contribution in [3.63, 3.8) is 0 Å². The van der Waals surface area contributed by atoms with Crippen molar-refractivity contribution in [2.75, 3.05) is 5.32 Å². The summed E-state index contributed by atoms with van der Waals surface area (Å²) in [6.45, 7) is 0. The van der Waals surface area contributed by atoms with Gasteiger partial charge in [-0.2, -0.15) is 0 Å². The highest BCUT2D eigenvalue weighted by atomic mass is 19.4. The molecule has 1 aromatic heterocycles. The summed E-state index contributed by atoms with van der Waals surface area (Å²) < 4.78 is 45.2. The van der Waals surface area contributed by atoms with E-state index in [2.05, 4.69) is 15.2 Å². The topological polar surface area (TPSA) is 84.6 Å². The molecule has 0 aliphatic carbocycles. The molecule has 0 saturated heterocycles. The zero-order chi connectivity index (χ0) is 18.7. The van der Waals surface area contributed by atoms with Gasteiger partial charge in [0.25, 0.3) is 5.91 Å². The lowest BCUT2D eigenvalue weighted by Crippen LogP contribution is -2.17. The molecule has 0 radical (unpaired) electrons. The number of hydrogen-bond donors (Lipinski definition) is 2. The van der Waals surface area contributed by atoms with Gasteiger partial charge in [0, 0.05) is 17.3 Å². The zero-order valence-corrected chi connectivity index (χ0v) is 12.9. The Morgan fingerprint density at radius 1 is 1.12 bits per heavy atom. The minimum absolute atomic E-state index is 0.0287. The molecule has 0 bridgehead atoms. The molecule has 0 fully saturated rings. The second-order valence-electron chi connectivity index (χ2n) is 5.15. The molecule has 2 N–H and O–H groups in total. The van der Waals surface area contributed by atoms with Crippen LogP contribution in [0.5, 0.6) is 11.5 Å². The van der Waals surface area contributed by atoms with Crippen LogP contribution in [0.25, 0.3) is 11.3 Å². The van der Waals surface area contributed by atoms with Crippen LogP contribution in [0.3, 0.4) is 0 Å². The second-order valence-corrected chi connectivity index (χ2v) is 5.15. The number of nitrogens with zero attached hydrogens (tertiary/aromatic N) is 1. The number of hydrogen-bond acceptors (Lipinski definition) is 5. The van der Waals surface area contributed by atoms with Gasteiger partial charge in [-0.15, -0.1) is 13.2 Å². The number of ether oxygens (including phenoxy) is 1. The number of phenolic OH excluding ortho intramolecular Hbond substituents is 1. The molecular formula is C17H11F3N2O4. The van der Waals surface area contributed by atoms with E-state index < -0.39 is 18.0 Å². The number of amides is 1. The first-order chi connectivity index (χ1) is 12.3. The van der Waals surface area contributed by atoms with Gasteiger partial charge in [0.15, 0.2) is 11.5 Å². The average Bonchev–Trinajstić information content (AvgIpc) is 3.05. The van der Waals surface area contributed by atoms with Crippen LogP contribution in [0.1, 0.15) is 10.5 Å². The standard InChI is InChI=1S/C17H11F3N2O4/c18-17(19,20)25-13-6-4-11(5-7-13)21-16(24)14-9-15(26-22-14)10-2-1-3-12(23)8-10/h1-9,23H,(H,21,24). The molecule has 6 nitrogen and oxygen atoms in total. The number of nitrogens with one attached hydrogen (secondary N) is 1. The maximum absolute atomic E-state index is 12.1. The van der Waals surface area contributed by atoms with E-state index in [0.29, 0.717) is 5.56 Å². The van der Waals surface area contributed by atoms with Crippen LogP contribution < -0.4 is 10.1 Å². The van der Waals surface area contributed by atoms with E-state index in [1.54, 1.807) is 12.1 Å². The lowest BCUT2D eigenvalue weighted by molar-refractivity contribution is -0.274. The van der Waals surface area contributed by atoms with E-state index >= 15 is 0 Å². The normalized spacial score (nSPS) is 11.2. The summed E-state index contributed by atoms with van der Waals surface area (Å²) in [5, 5.41) is 15.6. The van der Waals surface area contributed by atoms with Crippen molar-refractivity contribution < 1.29 is 32.3 Å². The molecule has 3 aromatic rings. The lowest BCUT2D eigenvalue weighted by Gasteiger charge is -2.09. The van der Waals surface area contributed by atoms with E-state index in [1.165, 1.54) is 30.3 Å². The van der Waals surface area contributed by atoms with Gasteiger partial charge >= 0.3 is 6.36 Å². The van der Waals surface area contributed by atoms with E-state index in [0.717, 1.165) is 12.1 Å². The Bertz CT molecular complexity index is 920. The van der Waals surface area contributed by atoms with Crippen LogP contribution in [-0.4, -0.2) is 22.5 Å². The molecule has 1 heterocycles. The summed E-state index contributed by atoms with van der Waals surface area (Å²) in [7, 11) is 0. The first kappa shape index (κ1) is 17.3. The van der Waals surface area contributed by atoms with Gasteiger partial charge in [-0.3, -0.25) is 4.79 Å². The second kappa shape index (κ2) is 6.79. The van der Waals surface area contributed by atoms with Crippen LogP contribution in [0.4, 0.5) is 18.9 Å². The molecule has 0 atom stereocenters. The molecule has 0 saturated carbocycles. The summed E-state index contributed by atoms with van der Waals surface area (Å²) in [6, 6.07) is 12.3. The van der Waals surface area contributed by atoms with E-state index in [-0.39, 0.29) is 22.9 Å². The van der Waals surface area contributed by atoms with Crippen LogP contribution in [-0.2, 0) is 0 Å². The van der Waals surface area contributed by atoms with Crippen LogP contribution >= 0.6 is 0 Å². The summed E-state index contributed by atoms with van der Waals surface area (Å²) in [6.07, 6.45) is -4.78. The predicted molar refractivity (Wildman–Crippen MR) is 84.7 cm³/mol. The maximum atomic E-state index is 12.1. The summed E-state index contributed by atoms with van der Waals surface area (Å²) >= 11 is 0. The maximum Gasteiger partial charge on any atom is 0.573 e. The minimum Gasteiger partial charge on any atom is -0.508 e. The van der Waals surface area contributed by atoms with E-state index in [1.807, 2.05) is 0 Å². The number of benzene rings is 2. The van der Waals surface area contributed by atoms with Gasteiger partial charge in [0.1, 0.15) is 11.5 Å². The SMILES string of the molecule is O=C(Nc1ccc(OC(F)(F)F)cc1)c1cc(-c2cccc(O)c2)on1. The fraction of sp³-hybridized carbons (Fsp3) is 0.0588. The Morgan fingerprint density at radius 2 is 1.85 bits per heavy atom. The number of aromatic nitrogens is 1. The van der Waals surface area contributed by atoms with Crippen LogP contribution in [0.2, 0.25) is 0 Å². The predicted octanol–water partition coefficient (Wildman–Crippen LogP) is 4.20. The molecule has 0 aliphatic rings. The Labute approximate surface area is 144 Å².